The number of nitrogens with one attached hydrogen (secondary N) is 1. The number of aromatic nitrogens is 1. The van der Waals surface area contributed by atoms with Crippen molar-refractivity contribution in [3.63, 3.8) is 0 Å². The Labute approximate surface area is 158 Å². The van der Waals surface area contributed by atoms with Crippen LogP contribution in [-0.4, -0.2) is 23.6 Å². The van der Waals surface area contributed by atoms with Gasteiger partial charge in [-0.2, -0.15) is 0 Å². The lowest BCUT2D eigenvalue weighted by Gasteiger charge is -2.34. The van der Waals surface area contributed by atoms with E-state index in [1.54, 1.807) is 13.0 Å². The van der Waals surface area contributed by atoms with Crippen molar-refractivity contribution in [2.45, 2.75) is 25.8 Å². The fourth-order valence-electron chi connectivity index (χ4n) is 4.12. The van der Waals surface area contributed by atoms with Crippen LogP contribution in [0.2, 0.25) is 0 Å². The fourth-order valence-corrected chi connectivity index (χ4v) is 4.12. The van der Waals surface area contributed by atoms with Gasteiger partial charge >= 0.3 is 0 Å². The summed E-state index contributed by atoms with van der Waals surface area (Å²) in [5, 5.41) is 4.75. The van der Waals surface area contributed by atoms with Crippen molar-refractivity contribution in [1.82, 2.24) is 9.88 Å². The average Bonchev–Trinajstić information content (AvgIpc) is 2.96. The molecule has 27 heavy (non-hydrogen) atoms. The van der Waals surface area contributed by atoms with Gasteiger partial charge in [-0.3, -0.25) is 4.79 Å². The first kappa shape index (κ1) is 17.7. The van der Waals surface area contributed by atoms with Crippen molar-refractivity contribution in [2.75, 3.05) is 18.0 Å². The summed E-state index contributed by atoms with van der Waals surface area (Å²) in [4.78, 5) is 13.7. The van der Waals surface area contributed by atoms with E-state index in [1.807, 2.05) is 40.8 Å². The van der Waals surface area contributed by atoms with Gasteiger partial charge < -0.3 is 14.8 Å². The van der Waals surface area contributed by atoms with Crippen LogP contribution in [0.3, 0.4) is 0 Å². The van der Waals surface area contributed by atoms with Gasteiger partial charge in [0.05, 0.1) is 5.52 Å². The summed E-state index contributed by atoms with van der Waals surface area (Å²) < 4.78 is 15.5. The number of hydrogen-bond acceptors (Lipinski definition) is 2. The first-order valence-electron chi connectivity index (χ1n) is 9.38. The molecule has 4 rings (SSSR count). The smallest absolute Gasteiger partial charge is 0.223 e. The van der Waals surface area contributed by atoms with Crippen LogP contribution < -0.4 is 10.2 Å². The van der Waals surface area contributed by atoms with E-state index >= 15 is 0 Å². The molecule has 140 valence electrons. The van der Waals surface area contributed by atoms with E-state index in [9.17, 15) is 9.18 Å². The fraction of sp³-hybridized carbons (Fsp3) is 0.318. The lowest BCUT2D eigenvalue weighted by molar-refractivity contribution is -0.116. The highest BCUT2D eigenvalue weighted by Gasteiger charge is 2.26. The minimum absolute atomic E-state index is 0.0869. The van der Waals surface area contributed by atoms with E-state index in [2.05, 4.69) is 17.6 Å². The molecular weight excluding hydrogens is 341 g/mol. The lowest BCUT2D eigenvalue weighted by atomic mass is 9.96. The van der Waals surface area contributed by atoms with Gasteiger partial charge in [0.1, 0.15) is 5.82 Å². The molecule has 1 amide bonds. The van der Waals surface area contributed by atoms with Gasteiger partial charge in [0.2, 0.25) is 5.91 Å². The zero-order chi connectivity index (χ0) is 19.0. The molecule has 0 bridgehead atoms. The molecule has 1 atom stereocenters. The van der Waals surface area contributed by atoms with Crippen LogP contribution in [0, 0.1) is 5.82 Å². The minimum atomic E-state index is -0.206. The van der Waals surface area contributed by atoms with E-state index in [0.29, 0.717) is 0 Å². The van der Waals surface area contributed by atoms with Crippen LogP contribution in [0.15, 0.2) is 48.7 Å². The van der Waals surface area contributed by atoms with Gasteiger partial charge in [0.15, 0.2) is 0 Å². The molecule has 0 aliphatic carbocycles. The summed E-state index contributed by atoms with van der Waals surface area (Å²) in [5.74, 6) is -0.119. The summed E-state index contributed by atoms with van der Waals surface area (Å²) in [7, 11) is 1.95. The molecule has 3 aromatic rings. The number of benzene rings is 2. The van der Waals surface area contributed by atoms with Crippen LogP contribution in [0.5, 0.6) is 0 Å². The van der Waals surface area contributed by atoms with Gasteiger partial charge in [-0.05, 0) is 54.8 Å². The predicted molar refractivity (Wildman–Crippen MR) is 106 cm³/mol. The number of anilines is 1. The third-order valence-corrected chi connectivity index (χ3v) is 5.44. The number of fused-ring (bicyclic) bond motifs is 2. The molecule has 0 saturated carbocycles. The molecule has 1 unspecified atom stereocenters. The maximum absolute atomic E-state index is 13.5. The molecular formula is C22H24FN3O. The molecule has 1 aliphatic heterocycles. The molecule has 0 spiro atoms. The third kappa shape index (κ3) is 3.35. The zero-order valence-corrected chi connectivity index (χ0v) is 15.7. The van der Waals surface area contributed by atoms with Crippen LogP contribution in [0.4, 0.5) is 10.1 Å². The summed E-state index contributed by atoms with van der Waals surface area (Å²) in [6.07, 6.45) is 3.85. The number of para-hydroxylation sites is 1. The second kappa shape index (κ2) is 7.16. The molecule has 0 radical (unpaired) electrons. The molecule has 2 heterocycles. The van der Waals surface area contributed by atoms with Crippen LogP contribution >= 0.6 is 0 Å². The predicted octanol–water partition coefficient (Wildman–Crippen LogP) is 3.95. The van der Waals surface area contributed by atoms with E-state index in [1.165, 1.54) is 17.2 Å². The van der Waals surface area contributed by atoms with Gasteiger partial charge in [-0.1, -0.05) is 18.2 Å². The van der Waals surface area contributed by atoms with Gasteiger partial charge in [-0.25, -0.2) is 4.39 Å². The number of hydrogen-bond donors (Lipinski definition) is 1. The van der Waals surface area contributed by atoms with Gasteiger partial charge in [0, 0.05) is 43.8 Å². The van der Waals surface area contributed by atoms with E-state index in [0.717, 1.165) is 42.5 Å². The number of halogens is 1. The molecule has 0 saturated heterocycles. The largest absolute Gasteiger partial charge is 0.350 e. The van der Waals surface area contributed by atoms with Crippen LogP contribution in [0.1, 0.15) is 30.5 Å². The second-order valence-electron chi connectivity index (χ2n) is 7.20. The van der Waals surface area contributed by atoms with E-state index in [-0.39, 0.29) is 17.8 Å². The normalized spacial score (nSPS) is 16.6. The molecule has 5 heteroatoms. The number of carbonyl (C=O) groups excluding carboxylic acids is 1. The highest BCUT2D eigenvalue weighted by Crippen LogP contribution is 2.33. The molecule has 0 fully saturated rings. The maximum Gasteiger partial charge on any atom is 0.223 e. The topological polar surface area (TPSA) is 37.3 Å². The van der Waals surface area contributed by atoms with E-state index < -0.39 is 0 Å². The Hall–Kier alpha value is -2.66. The first-order chi connectivity index (χ1) is 13.0. The molecule has 1 aliphatic rings. The third-order valence-electron chi connectivity index (χ3n) is 5.44. The molecule has 2 aromatic carbocycles. The number of rotatable bonds is 4. The summed E-state index contributed by atoms with van der Waals surface area (Å²) in [6, 6.07) is 13.3. The number of amides is 1. The van der Waals surface area contributed by atoms with Gasteiger partial charge in [-0.15, -0.1) is 0 Å². The van der Waals surface area contributed by atoms with Crippen LogP contribution in [0.25, 0.3) is 10.9 Å². The number of nitrogens with zero attached hydrogens (tertiary/aromatic N) is 2. The van der Waals surface area contributed by atoms with Crippen LogP contribution in [-0.2, 0) is 18.3 Å². The SMILES string of the molecule is CC(=O)N1CCC(NCCc2cn(C)c3cc(F)ccc23)c2ccccc21. The van der Waals surface area contributed by atoms with Crippen molar-refractivity contribution in [3.8, 4) is 0 Å². The number of aryl methyl sites for hydroxylation is 1. The van der Waals surface area contributed by atoms with Crippen molar-refractivity contribution in [1.29, 1.82) is 0 Å². The Bertz CT molecular complexity index is 994. The summed E-state index contributed by atoms with van der Waals surface area (Å²) in [6.45, 7) is 3.18. The standard InChI is InChI=1S/C22H24FN3O/c1-15(27)26-12-10-20(19-5-3-4-6-21(19)26)24-11-9-16-14-25(2)22-13-17(23)7-8-18(16)22/h3-8,13-14,20,24H,9-12H2,1-2H3. The highest BCUT2D eigenvalue weighted by atomic mass is 19.1. The Balaban J connectivity index is 1.48. The molecule has 4 nitrogen and oxygen atoms in total. The van der Waals surface area contributed by atoms with Crippen molar-refractivity contribution >= 4 is 22.5 Å². The highest BCUT2D eigenvalue weighted by molar-refractivity contribution is 5.93. The second-order valence-corrected chi connectivity index (χ2v) is 7.20. The monoisotopic (exact) mass is 365 g/mol. The minimum Gasteiger partial charge on any atom is -0.350 e. The Morgan fingerprint density at radius 2 is 2.07 bits per heavy atom. The molecule has 1 aromatic heterocycles. The summed E-state index contributed by atoms with van der Waals surface area (Å²) in [5.41, 5.74) is 4.33. The Kier molecular flexibility index (Phi) is 4.70. The molecule has 1 N–H and O–H groups in total. The van der Waals surface area contributed by atoms with Crippen molar-refractivity contribution in [3.05, 3.63) is 65.6 Å². The summed E-state index contributed by atoms with van der Waals surface area (Å²) >= 11 is 0. The Morgan fingerprint density at radius 3 is 2.89 bits per heavy atom. The first-order valence-corrected chi connectivity index (χ1v) is 9.38. The maximum atomic E-state index is 13.5. The lowest BCUT2D eigenvalue weighted by Crippen LogP contribution is -2.38. The van der Waals surface area contributed by atoms with Gasteiger partial charge in [0.25, 0.3) is 0 Å². The number of carbonyl (C=O) groups is 1. The average molecular weight is 365 g/mol. The van der Waals surface area contributed by atoms with E-state index in [4.69, 9.17) is 0 Å². The Morgan fingerprint density at radius 1 is 1.26 bits per heavy atom. The van der Waals surface area contributed by atoms with Crippen molar-refractivity contribution in [2.24, 2.45) is 7.05 Å². The quantitative estimate of drug-likeness (QED) is 0.760. The van der Waals surface area contributed by atoms with Crippen molar-refractivity contribution < 1.29 is 9.18 Å². The zero-order valence-electron chi connectivity index (χ0n) is 15.7.